The molecule has 0 fully saturated rings. The van der Waals surface area contributed by atoms with Crippen molar-refractivity contribution in [2.24, 2.45) is 0 Å². The van der Waals surface area contributed by atoms with E-state index in [1.807, 2.05) is 0 Å². The molecule has 0 spiro atoms. The van der Waals surface area contributed by atoms with Gasteiger partial charge in [0.2, 0.25) is 11.5 Å². The monoisotopic (exact) mass is 230 g/mol. The van der Waals surface area contributed by atoms with Gasteiger partial charge in [-0.25, -0.2) is 0 Å². The second-order valence-corrected chi connectivity index (χ2v) is 3.20. The van der Waals surface area contributed by atoms with Crippen molar-refractivity contribution < 1.29 is 29.9 Å². The van der Waals surface area contributed by atoms with Crippen molar-refractivity contribution in [2.45, 2.75) is 26.4 Å². The molecule has 0 heterocycles. The average Bonchev–Trinajstić information content (AvgIpc) is 2.16. The lowest BCUT2D eigenvalue weighted by Gasteiger charge is -2.17. The minimum absolute atomic E-state index is 0.226. The molecule has 0 bridgehead atoms. The number of aromatic hydroxyl groups is 2. The SMILES string of the molecule is CC(O)Oc1c(O)ccc(O)c1OC(C)O. The van der Waals surface area contributed by atoms with Gasteiger partial charge in [0.25, 0.3) is 0 Å². The van der Waals surface area contributed by atoms with E-state index in [9.17, 15) is 10.2 Å². The number of hydrogen-bond acceptors (Lipinski definition) is 6. The van der Waals surface area contributed by atoms with Crippen LogP contribution in [0.3, 0.4) is 0 Å². The fraction of sp³-hybridized carbons (Fsp3) is 0.400. The molecule has 0 aromatic heterocycles. The summed E-state index contributed by atoms with van der Waals surface area (Å²) < 4.78 is 9.73. The lowest BCUT2D eigenvalue weighted by molar-refractivity contribution is -0.0235. The Morgan fingerprint density at radius 2 is 1.19 bits per heavy atom. The van der Waals surface area contributed by atoms with Gasteiger partial charge in [-0.2, -0.15) is 0 Å². The molecule has 1 rings (SSSR count). The smallest absolute Gasteiger partial charge is 0.210 e. The van der Waals surface area contributed by atoms with E-state index in [0.717, 1.165) is 0 Å². The van der Waals surface area contributed by atoms with Crippen LogP contribution in [0.1, 0.15) is 13.8 Å². The van der Waals surface area contributed by atoms with E-state index in [1.54, 1.807) is 0 Å². The molecule has 1 aromatic rings. The molecule has 2 unspecified atom stereocenters. The molecule has 90 valence electrons. The van der Waals surface area contributed by atoms with Gasteiger partial charge in [-0.05, 0) is 26.0 Å². The van der Waals surface area contributed by atoms with Crippen LogP contribution < -0.4 is 9.47 Å². The fourth-order valence-corrected chi connectivity index (χ4v) is 1.11. The highest BCUT2D eigenvalue weighted by molar-refractivity contribution is 5.57. The zero-order chi connectivity index (χ0) is 12.3. The third kappa shape index (κ3) is 2.91. The topological polar surface area (TPSA) is 99.4 Å². The summed E-state index contributed by atoms with van der Waals surface area (Å²) >= 11 is 0. The van der Waals surface area contributed by atoms with Crippen LogP contribution in [0, 0.1) is 0 Å². The van der Waals surface area contributed by atoms with E-state index in [1.165, 1.54) is 26.0 Å². The zero-order valence-corrected chi connectivity index (χ0v) is 8.91. The van der Waals surface area contributed by atoms with Crippen molar-refractivity contribution in [3.63, 3.8) is 0 Å². The van der Waals surface area contributed by atoms with E-state index in [-0.39, 0.29) is 23.0 Å². The van der Waals surface area contributed by atoms with Gasteiger partial charge in [0.1, 0.15) is 0 Å². The minimum Gasteiger partial charge on any atom is -0.504 e. The predicted octanol–water partition coefficient (Wildman–Crippen LogP) is 0.532. The fourth-order valence-electron chi connectivity index (χ4n) is 1.11. The summed E-state index contributed by atoms with van der Waals surface area (Å²) in [7, 11) is 0. The molecule has 0 radical (unpaired) electrons. The molecule has 0 saturated carbocycles. The first-order valence-corrected chi connectivity index (χ1v) is 4.66. The Morgan fingerprint density at radius 3 is 1.44 bits per heavy atom. The first kappa shape index (κ1) is 12.4. The third-order valence-corrected chi connectivity index (χ3v) is 1.65. The molecule has 16 heavy (non-hydrogen) atoms. The van der Waals surface area contributed by atoms with Gasteiger partial charge in [-0.3, -0.25) is 0 Å². The lowest BCUT2D eigenvalue weighted by atomic mass is 10.2. The van der Waals surface area contributed by atoms with Crippen molar-refractivity contribution in [3.05, 3.63) is 12.1 Å². The molecule has 0 aliphatic heterocycles. The van der Waals surface area contributed by atoms with Gasteiger partial charge in [0.05, 0.1) is 0 Å². The maximum atomic E-state index is 9.47. The third-order valence-electron chi connectivity index (χ3n) is 1.65. The number of ether oxygens (including phenoxy) is 2. The van der Waals surface area contributed by atoms with E-state index >= 15 is 0 Å². The number of benzene rings is 1. The molecule has 0 aliphatic rings. The maximum absolute atomic E-state index is 9.47. The summed E-state index contributed by atoms with van der Waals surface area (Å²) in [5.74, 6) is -1.07. The van der Waals surface area contributed by atoms with Crippen LogP contribution in [0.25, 0.3) is 0 Å². The standard InChI is InChI=1S/C10H14O6/c1-5(11)15-9-7(13)3-4-8(14)10(9)16-6(2)12/h3-6,11-14H,1-2H3. The van der Waals surface area contributed by atoms with Crippen LogP contribution in [-0.4, -0.2) is 33.0 Å². The van der Waals surface area contributed by atoms with Gasteiger partial charge in [-0.1, -0.05) is 0 Å². The van der Waals surface area contributed by atoms with Crippen LogP contribution in [0.5, 0.6) is 23.0 Å². The highest BCUT2D eigenvalue weighted by Gasteiger charge is 2.19. The van der Waals surface area contributed by atoms with Gasteiger partial charge in [0, 0.05) is 0 Å². The van der Waals surface area contributed by atoms with Crippen molar-refractivity contribution in [1.82, 2.24) is 0 Å². The van der Waals surface area contributed by atoms with E-state index in [4.69, 9.17) is 19.7 Å². The highest BCUT2D eigenvalue weighted by Crippen LogP contribution is 2.43. The number of hydrogen-bond donors (Lipinski definition) is 4. The van der Waals surface area contributed by atoms with Crippen molar-refractivity contribution in [2.75, 3.05) is 0 Å². The average molecular weight is 230 g/mol. The molecule has 0 saturated heterocycles. The lowest BCUT2D eigenvalue weighted by Crippen LogP contribution is -2.14. The quantitative estimate of drug-likeness (QED) is 0.445. The van der Waals surface area contributed by atoms with Crippen LogP contribution in [-0.2, 0) is 0 Å². The van der Waals surface area contributed by atoms with E-state index in [0.29, 0.717) is 0 Å². The first-order valence-electron chi connectivity index (χ1n) is 4.66. The molecular formula is C10H14O6. The Hall–Kier alpha value is -1.66. The molecule has 0 amide bonds. The van der Waals surface area contributed by atoms with Gasteiger partial charge in [0.15, 0.2) is 24.1 Å². The molecule has 0 aliphatic carbocycles. The van der Waals surface area contributed by atoms with Crippen molar-refractivity contribution >= 4 is 0 Å². The van der Waals surface area contributed by atoms with E-state index < -0.39 is 12.6 Å². The van der Waals surface area contributed by atoms with Crippen LogP contribution >= 0.6 is 0 Å². The molecular weight excluding hydrogens is 216 g/mol. The zero-order valence-electron chi connectivity index (χ0n) is 8.91. The number of phenols is 2. The van der Waals surface area contributed by atoms with Crippen molar-refractivity contribution in [3.8, 4) is 23.0 Å². The highest BCUT2D eigenvalue weighted by atomic mass is 16.6. The molecule has 6 nitrogen and oxygen atoms in total. The van der Waals surface area contributed by atoms with Crippen LogP contribution in [0.2, 0.25) is 0 Å². The summed E-state index contributed by atoms with van der Waals surface area (Å²) in [5, 5.41) is 37.0. The first-order chi connectivity index (χ1) is 7.41. The Labute approximate surface area is 92.3 Å². The Bertz CT molecular complexity index is 326. The summed E-state index contributed by atoms with van der Waals surface area (Å²) in [5.41, 5.74) is 0. The van der Waals surface area contributed by atoms with Crippen LogP contribution in [0.15, 0.2) is 12.1 Å². The maximum Gasteiger partial charge on any atom is 0.210 e. The molecule has 6 heteroatoms. The van der Waals surface area contributed by atoms with Gasteiger partial charge >= 0.3 is 0 Å². The summed E-state index contributed by atoms with van der Waals surface area (Å²) in [6.45, 7) is 2.66. The minimum atomic E-state index is -1.19. The summed E-state index contributed by atoms with van der Waals surface area (Å²) in [6, 6.07) is 2.36. The molecule has 2 atom stereocenters. The normalized spacial score (nSPS) is 14.2. The largest absolute Gasteiger partial charge is 0.504 e. The van der Waals surface area contributed by atoms with Gasteiger partial charge in [-0.15, -0.1) is 0 Å². The van der Waals surface area contributed by atoms with Crippen molar-refractivity contribution in [1.29, 1.82) is 0 Å². The second kappa shape index (κ2) is 4.91. The Morgan fingerprint density at radius 1 is 0.875 bits per heavy atom. The summed E-state index contributed by atoms with van der Waals surface area (Å²) in [4.78, 5) is 0. The number of phenolic OH excluding ortho intramolecular Hbond substituents is 2. The second-order valence-electron chi connectivity index (χ2n) is 3.20. The van der Waals surface area contributed by atoms with Crippen LogP contribution in [0.4, 0.5) is 0 Å². The Kier molecular flexibility index (Phi) is 3.81. The molecule has 4 N–H and O–H groups in total. The molecule has 1 aromatic carbocycles. The van der Waals surface area contributed by atoms with Gasteiger partial charge < -0.3 is 29.9 Å². The summed E-state index contributed by atoms with van der Waals surface area (Å²) in [6.07, 6.45) is -2.38. The Balaban J connectivity index is 3.14. The predicted molar refractivity (Wildman–Crippen MR) is 54.4 cm³/mol. The van der Waals surface area contributed by atoms with E-state index in [2.05, 4.69) is 0 Å². The number of aliphatic hydroxyl groups is 2. The number of aliphatic hydroxyl groups excluding tert-OH is 2. The number of rotatable bonds is 4.